The Morgan fingerprint density at radius 1 is 1.32 bits per heavy atom. The highest BCUT2D eigenvalue weighted by Crippen LogP contribution is 2.34. The molecule has 1 aromatic carbocycles. The zero-order valence-corrected chi connectivity index (χ0v) is 14.2. The Hall–Kier alpha value is -1.46. The lowest BCUT2D eigenvalue weighted by Gasteiger charge is -2.30. The first-order valence-electron chi connectivity index (χ1n) is 7.47. The molecule has 124 valence electrons. The number of fused-ring (bicyclic) bond motifs is 1. The number of nitrogens with two attached hydrogens (primary N) is 1. The van der Waals surface area contributed by atoms with Crippen LogP contribution in [0.15, 0.2) is 18.2 Å². The maximum atomic E-state index is 12.5. The summed E-state index contributed by atoms with van der Waals surface area (Å²) in [6.07, 6.45) is 1.47. The van der Waals surface area contributed by atoms with Gasteiger partial charge >= 0.3 is 0 Å². The Kier molecular flexibility index (Phi) is 6.50. The maximum absolute atomic E-state index is 12.5. The third-order valence-corrected chi connectivity index (χ3v) is 4.47. The van der Waals surface area contributed by atoms with Crippen LogP contribution in [0.25, 0.3) is 0 Å². The van der Waals surface area contributed by atoms with Crippen LogP contribution in [-0.4, -0.2) is 19.2 Å². The summed E-state index contributed by atoms with van der Waals surface area (Å²) in [5.41, 5.74) is 6.33. The Balaban J connectivity index is 0.00000242. The number of amides is 1. The highest BCUT2D eigenvalue weighted by atomic mass is 35.5. The first-order chi connectivity index (χ1) is 10.1. The van der Waals surface area contributed by atoms with Crippen molar-refractivity contribution < 1.29 is 14.3 Å². The van der Waals surface area contributed by atoms with Crippen LogP contribution in [0.5, 0.6) is 11.5 Å². The van der Waals surface area contributed by atoms with Crippen LogP contribution in [0.1, 0.15) is 45.2 Å². The van der Waals surface area contributed by atoms with Crippen molar-refractivity contribution in [2.45, 2.75) is 39.7 Å². The topological polar surface area (TPSA) is 73.6 Å². The second kappa shape index (κ2) is 7.70. The average Bonchev–Trinajstić information content (AvgIpc) is 2.97. The lowest BCUT2D eigenvalue weighted by Crippen LogP contribution is -2.46. The van der Waals surface area contributed by atoms with Gasteiger partial charge in [-0.2, -0.15) is 0 Å². The minimum Gasteiger partial charge on any atom is -0.454 e. The lowest BCUT2D eigenvalue weighted by atomic mass is 9.81. The first-order valence-corrected chi connectivity index (χ1v) is 7.47. The molecule has 2 rings (SSSR count). The summed E-state index contributed by atoms with van der Waals surface area (Å²) in [7, 11) is 0. The van der Waals surface area contributed by atoms with Crippen molar-refractivity contribution in [2.75, 3.05) is 13.3 Å². The molecule has 0 bridgehead atoms. The van der Waals surface area contributed by atoms with Crippen LogP contribution in [-0.2, 0) is 4.79 Å². The van der Waals surface area contributed by atoms with E-state index in [0.29, 0.717) is 6.54 Å². The molecular formula is C16H25ClN2O3. The summed E-state index contributed by atoms with van der Waals surface area (Å²) in [5, 5.41) is 3.07. The number of rotatable bonds is 6. The molecule has 5 nitrogen and oxygen atoms in total. The van der Waals surface area contributed by atoms with E-state index in [1.807, 2.05) is 39.0 Å². The molecule has 1 amide bonds. The Morgan fingerprint density at radius 2 is 1.95 bits per heavy atom. The van der Waals surface area contributed by atoms with Gasteiger partial charge in [0.15, 0.2) is 11.5 Å². The number of halogens is 1. The predicted molar refractivity (Wildman–Crippen MR) is 88.4 cm³/mol. The van der Waals surface area contributed by atoms with Crippen molar-refractivity contribution in [3.63, 3.8) is 0 Å². The summed E-state index contributed by atoms with van der Waals surface area (Å²) < 4.78 is 10.7. The molecule has 1 aliphatic heterocycles. The highest BCUT2D eigenvalue weighted by Gasteiger charge is 2.34. The summed E-state index contributed by atoms with van der Waals surface area (Å²) in [4.78, 5) is 12.5. The van der Waals surface area contributed by atoms with Gasteiger partial charge in [0.25, 0.3) is 0 Å². The van der Waals surface area contributed by atoms with Gasteiger partial charge in [-0.3, -0.25) is 4.79 Å². The molecular weight excluding hydrogens is 304 g/mol. The zero-order chi connectivity index (χ0) is 15.5. The van der Waals surface area contributed by atoms with E-state index in [4.69, 9.17) is 15.2 Å². The van der Waals surface area contributed by atoms with Gasteiger partial charge in [-0.25, -0.2) is 0 Å². The van der Waals surface area contributed by atoms with Gasteiger partial charge in [-0.1, -0.05) is 19.9 Å². The number of benzene rings is 1. The van der Waals surface area contributed by atoms with E-state index in [1.165, 1.54) is 0 Å². The summed E-state index contributed by atoms with van der Waals surface area (Å²) >= 11 is 0. The second-order valence-electron chi connectivity index (χ2n) is 5.50. The molecule has 0 saturated heterocycles. The van der Waals surface area contributed by atoms with E-state index in [0.717, 1.165) is 29.9 Å². The monoisotopic (exact) mass is 328 g/mol. The molecule has 0 spiro atoms. The van der Waals surface area contributed by atoms with Crippen molar-refractivity contribution in [1.29, 1.82) is 0 Å². The van der Waals surface area contributed by atoms with E-state index in [2.05, 4.69) is 5.32 Å². The molecule has 1 unspecified atom stereocenters. The molecule has 3 N–H and O–H groups in total. The quantitative estimate of drug-likeness (QED) is 0.842. The minimum absolute atomic E-state index is 0. The SMILES string of the molecule is CCC(CC)(CN)C(=O)NC(C)c1ccc2c(c1)OCO2.Cl. The van der Waals surface area contributed by atoms with E-state index < -0.39 is 5.41 Å². The van der Waals surface area contributed by atoms with Crippen molar-refractivity contribution in [1.82, 2.24) is 5.32 Å². The van der Waals surface area contributed by atoms with Crippen LogP contribution in [0.2, 0.25) is 0 Å². The van der Waals surface area contributed by atoms with Crippen molar-refractivity contribution >= 4 is 18.3 Å². The van der Waals surface area contributed by atoms with Crippen LogP contribution in [0.4, 0.5) is 0 Å². The van der Waals surface area contributed by atoms with E-state index in [1.54, 1.807) is 0 Å². The molecule has 1 aromatic rings. The van der Waals surface area contributed by atoms with Gasteiger partial charge in [0.05, 0.1) is 11.5 Å². The Bertz CT molecular complexity index is 510. The molecule has 0 radical (unpaired) electrons. The summed E-state index contributed by atoms with van der Waals surface area (Å²) in [6.45, 7) is 6.57. The number of nitrogens with one attached hydrogen (secondary N) is 1. The second-order valence-corrected chi connectivity index (χ2v) is 5.50. The van der Waals surface area contributed by atoms with Gasteiger partial charge < -0.3 is 20.5 Å². The van der Waals surface area contributed by atoms with Crippen molar-refractivity contribution in [2.24, 2.45) is 11.1 Å². The largest absolute Gasteiger partial charge is 0.454 e. The number of carbonyl (C=O) groups excluding carboxylic acids is 1. The Morgan fingerprint density at radius 3 is 2.55 bits per heavy atom. The smallest absolute Gasteiger partial charge is 0.231 e. The molecule has 22 heavy (non-hydrogen) atoms. The maximum Gasteiger partial charge on any atom is 0.231 e. The number of carbonyl (C=O) groups is 1. The highest BCUT2D eigenvalue weighted by molar-refractivity contribution is 5.85. The van der Waals surface area contributed by atoms with Crippen molar-refractivity contribution in [3.8, 4) is 11.5 Å². The van der Waals surface area contributed by atoms with Gasteiger partial charge in [0.1, 0.15) is 0 Å². The van der Waals surface area contributed by atoms with Crippen LogP contribution in [0.3, 0.4) is 0 Å². The molecule has 6 heteroatoms. The van der Waals surface area contributed by atoms with Crippen LogP contribution in [0, 0.1) is 5.41 Å². The summed E-state index contributed by atoms with van der Waals surface area (Å²) in [6, 6.07) is 5.63. The standard InChI is InChI=1S/C16H24N2O3.ClH/c1-4-16(5-2,9-17)15(19)18-11(3)12-6-7-13-14(8-12)21-10-20-13;/h6-8,11H,4-5,9-10,17H2,1-3H3,(H,18,19);1H. The van der Waals surface area contributed by atoms with Gasteiger partial charge in [-0.05, 0) is 37.5 Å². The predicted octanol–water partition coefficient (Wildman–Crippen LogP) is 2.78. The molecule has 1 aliphatic rings. The number of hydrogen-bond donors (Lipinski definition) is 2. The molecule has 0 aliphatic carbocycles. The molecule has 0 aromatic heterocycles. The van der Waals surface area contributed by atoms with Crippen LogP contribution < -0.4 is 20.5 Å². The average molecular weight is 329 g/mol. The fourth-order valence-corrected chi connectivity index (χ4v) is 2.57. The molecule has 1 atom stereocenters. The zero-order valence-electron chi connectivity index (χ0n) is 13.3. The number of hydrogen-bond acceptors (Lipinski definition) is 4. The van der Waals surface area contributed by atoms with E-state index >= 15 is 0 Å². The van der Waals surface area contributed by atoms with Gasteiger partial charge in [0, 0.05) is 6.54 Å². The fourth-order valence-electron chi connectivity index (χ4n) is 2.57. The lowest BCUT2D eigenvalue weighted by molar-refractivity contribution is -0.131. The molecule has 0 fully saturated rings. The van der Waals surface area contributed by atoms with Crippen molar-refractivity contribution in [3.05, 3.63) is 23.8 Å². The van der Waals surface area contributed by atoms with E-state index in [9.17, 15) is 4.79 Å². The molecule has 0 saturated carbocycles. The van der Waals surface area contributed by atoms with Gasteiger partial charge in [0.2, 0.25) is 12.7 Å². The third-order valence-electron chi connectivity index (χ3n) is 4.47. The minimum atomic E-state index is -0.482. The fraction of sp³-hybridized carbons (Fsp3) is 0.562. The Labute approximate surface area is 138 Å². The third kappa shape index (κ3) is 3.47. The van der Waals surface area contributed by atoms with Gasteiger partial charge in [-0.15, -0.1) is 12.4 Å². The van der Waals surface area contributed by atoms with Crippen LogP contribution >= 0.6 is 12.4 Å². The summed E-state index contributed by atoms with van der Waals surface area (Å²) in [5.74, 6) is 1.49. The number of ether oxygens (including phenoxy) is 2. The molecule has 1 heterocycles. The first kappa shape index (κ1) is 18.6. The van der Waals surface area contributed by atoms with E-state index in [-0.39, 0.29) is 31.1 Å². The normalized spacial score (nSPS) is 14.2.